The molecule has 1 heterocycles. The van der Waals surface area contributed by atoms with Crippen LogP contribution < -0.4 is 15.8 Å². The van der Waals surface area contributed by atoms with E-state index in [0.717, 1.165) is 16.8 Å². The van der Waals surface area contributed by atoms with Gasteiger partial charge in [-0.2, -0.15) is 0 Å². The molecule has 0 spiro atoms. The zero-order chi connectivity index (χ0) is 20.1. The van der Waals surface area contributed by atoms with Crippen LogP contribution in [0.3, 0.4) is 0 Å². The minimum Gasteiger partial charge on any atom is -0.370 e. The molecule has 0 unspecified atom stereocenters. The van der Waals surface area contributed by atoms with Gasteiger partial charge in [-0.1, -0.05) is 24.3 Å². The summed E-state index contributed by atoms with van der Waals surface area (Å²) in [4.78, 5) is 8.63. The molecule has 0 aliphatic heterocycles. The Balaban J connectivity index is 1.60. The van der Waals surface area contributed by atoms with Crippen LogP contribution in [0.5, 0.6) is 0 Å². The van der Waals surface area contributed by atoms with E-state index in [4.69, 9.17) is 5.14 Å². The summed E-state index contributed by atoms with van der Waals surface area (Å²) in [5, 5.41) is 11.7. The number of sulfonamides is 1. The van der Waals surface area contributed by atoms with Crippen molar-refractivity contribution in [2.24, 2.45) is 5.14 Å². The van der Waals surface area contributed by atoms with E-state index in [9.17, 15) is 8.42 Å². The molecule has 2 aromatic carbocycles. The number of benzene rings is 2. The predicted molar refractivity (Wildman–Crippen MR) is 111 cm³/mol. The zero-order valence-corrected chi connectivity index (χ0v) is 16.6. The van der Waals surface area contributed by atoms with Gasteiger partial charge < -0.3 is 10.6 Å². The lowest BCUT2D eigenvalue weighted by Crippen LogP contribution is -2.12. The van der Waals surface area contributed by atoms with Gasteiger partial charge in [0.2, 0.25) is 10.0 Å². The maximum Gasteiger partial charge on any atom is 0.238 e. The first-order valence-electron chi connectivity index (χ1n) is 8.83. The minimum absolute atomic E-state index is 0.113. The molecular weight excluding hydrogens is 374 g/mol. The third kappa shape index (κ3) is 5.28. The monoisotopic (exact) mass is 397 g/mol. The van der Waals surface area contributed by atoms with E-state index in [-0.39, 0.29) is 4.90 Å². The van der Waals surface area contributed by atoms with Crippen LogP contribution in [0.15, 0.2) is 59.8 Å². The molecule has 0 aliphatic rings. The van der Waals surface area contributed by atoms with Crippen molar-refractivity contribution in [3.05, 3.63) is 71.5 Å². The minimum atomic E-state index is -3.66. The fourth-order valence-electron chi connectivity index (χ4n) is 2.71. The van der Waals surface area contributed by atoms with E-state index >= 15 is 0 Å². The van der Waals surface area contributed by atoms with Gasteiger partial charge in [0.25, 0.3) is 0 Å². The molecule has 3 aromatic rings. The molecule has 0 saturated carbocycles. The Morgan fingerprint density at radius 2 is 1.68 bits per heavy atom. The standard InChI is InChI=1S/C20H23N5O2S/c1-14-3-4-15(2)18(11-14)25-20-12-19(23-13-24-20)22-10-9-16-5-7-17(8-6-16)28(21,26)27/h3-8,11-13H,9-10H2,1-2H3,(H2,21,26,27)(H2,22,23,24,25). The van der Waals surface area contributed by atoms with Crippen molar-refractivity contribution in [2.75, 3.05) is 17.2 Å². The number of aryl methyl sites for hydroxylation is 2. The van der Waals surface area contributed by atoms with Crippen molar-refractivity contribution in [3.63, 3.8) is 0 Å². The molecule has 1 aromatic heterocycles. The first-order valence-corrected chi connectivity index (χ1v) is 10.4. The molecule has 0 fully saturated rings. The number of aromatic nitrogens is 2. The highest BCUT2D eigenvalue weighted by Crippen LogP contribution is 2.21. The summed E-state index contributed by atoms with van der Waals surface area (Å²) in [6.07, 6.45) is 2.23. The van der Waals surface area contributed by atoms with Crippen LogP contribution in [0.1, 0.15) is 16.7 Å². The van der Waals surface area contributed by atoms with Crippen LogP contribution in [0, 0.1) is 13.8 Å². The van der Waals surface area contributed by atoms with Gasteiger partial charge in [0.1, 0.15) is 18.0 Å². The number of rotatable bonds is 7. The first-order chi connectivity index (χ1) is 13.3. The van der Waals surface area contributed by atoms with Gasteiger partial charge in [0, 0.05) is 18.3 Å². The molecule has 146 valence electrons. The van der Waals surface area contributed by atoms with Crippen LogP contribution in [-0.4, -0.2) is 24.9 Å². The highest BCUT2D eigenvalue weighted by molar-refractivity contribution is 7.89. The zero-order valence-electron chi connectivity index (χ0n) is 15.8. The van der Waals surface area contributed by atoms with E-state index in [2.05, 4.69) is 38.8 Å². The van der Waals surface area contributed by atoms with Gasteiger partial charge in [-0.3, -0.25) is 0 Å². The second-order valence-electron chi connectivity index (χ2n) is 6.60. The summed E-state index contributed by atoms with van der Waals surface area (Å²) in [5.74, 6) is 1.42. The number of hydrogen-bond acceptors (Lipinski definition) is 6. The number of nitrogens with two attached hydrogens (primary N) is 1. The molecule has 0 atom stereocenters. The summed E-state index contributed by atoms with van der Waals surface area (Å²) in [6, 6.07) is 14.6. The van der Waals surface area contributed by atoms with Gasteiger partial charge in [0.15, 0.2) is 0 Å². The summed E-state index contributed by atoms with van der Waals surface area (Å²) >= 11 is 0. The van der Waals surface area contributed by atoms with Crippen LogP contribution in [-0.2, 0) is 16.4 Å². The smallest absolute Gasteiger partial charge is 0.238 e. The molecule has 0 radical (unpaired) electrons. The Kier molecular flexibility index (Phi) is 5.91. The second-order valence-corrected chi connectivity index (χ2v) is 8.16. The molecule has 28 heavy (non-hydrogen) atoms. The maximum absolute atomic E-state index is 11.3. The van der Waals surface area contributed by atoms with Crippen molar-refractivity contribution in [1.82, 2.24) is 9.97 Å². The Morgan fingerprint density at radius 1 is 0.964 bits per heavy atom. The van der Waals surface area contributed by atoms with E-state index in [0.29, 0.717) is 24.6 Å². The van der Waals surface area contributed by atoms with Gasteiger partial charge in [-0.25, -0.2) is 23.5 Å². The van der Waals surface area contributed by atoms with Gasteiger partial charge in [-0.15, -0.1) is 0 Å². The first kappa shape index (κ1) is 19.8. The molecule has 0 aliphatic carbocycles. The van der Waals surface area contributed by atoms with E-state index < -0.39 is 10.0 Å². The van der Waals surface area contributed by atoms with Crippen molar-refractivity contribution >= 4 is 27.3 Å². The SMILES string of the molecule is Cc1ccc(C)c(Nc2cc(NCCc3ccc(S(N)(=O)=O)cc3)ncn2)c1. The summed E-state index contributed by atoms with van der Waals surface area (Å²) < 4.78 is 22.6. The van der Waals surface area contributed by atoms with Gasteiger partial charge in [0.05, 0.1) is 4.90 Å². The van der Waals surface area contributed by atoms with Gasteiger partial charge in [-0.05, 0) is 55.2 Å². The van der Waals surface area contributed by atoms with Crippen molar-refractivity contribution in [1.29, 1.82) is 0 Å². The Hall–Kier alpha value is -2.97. The molecule has 3 rings (SSSR count). The highest BCUT2D eigenvalue weighted by Gasteiger charge is 2.07. The molecule has 8 heteroatoms. The molecule has 0 bridgehead atoms. The molecular formula is C20H23N5O2S. The van der Waals surface area contributed by atoms with E-state index in [1.54, 1.807) is 12.1 Å². The third-order valence-electron chi connectivity index (χ3n) is 4.29. The van der Waals surface area contributed by atoms with Crippen LogP contribution >= 0.6 is 0 Å². The average molecular weight is 398 g/mol. The fourth-order valence-corrected chi connectivity index (χ4v) is 3.23. The number of primary sulfonamides is 1. The van der Waals surface area contributed by atoms with Crippen molar-refractivity contribution < 1.29 is 8.42 Å². The van der Waals surface area contributed by atoms with Crippen LogP contribution in [0.4, 0.5) is 17.3 Å². The molecule has 0 saturated heterocycles. The average Bonchev–Trinajstić information content (AvgIpc) is 2.65. The fraction of sp³-hybridized carbons (Fsp3) is 0.200. The molecule has 0 amide bonds. The normalized spacial score (nSPS) is 11.2. The second kappa shape index (κ2) is 8.37. The summed E-state index contributed by atoms with van der Waals surface area (Å²) in [6.45, 7) is 4.74. The predicted octanol–water partition coefficient (Wildman–Crippen LogP) is 3.14. The summed E-state index contributed by atoms with van der Waals surface area (Å²) in [7, 11) is -3.66. The number of nitrogens with zero attached hydrogens (tertiary/aromatic N) is 2. The quantitative estimate of drug-likeness (QED) is 0.565. The van der Waals surface area contributed by atoms with Gasteiger partial charge >= 0.3 is 0 Å². The highest BCUT2D eigenvalue weighted by atomic mass is 32.2. The molecule has 4 N–H and O–H groups in total. The topological polar surface area (TPSA) is 110 Å². The van der Waals surface area contributed by atoms with Crippen molar-refractivity contribution in [2.45, 2.75) is 25.2 Å². The van der Waals surface area contributed by atoms with E-state index in [1.807, 2.05) is 19.9 Å². The number of hydrogen-bond donors (Lipinski definition) is 3. The van der Waals surface area contributed by atoms with Crippen LogP contribution in [0.25, 0.3) is 0 Å². The van der Waals surface area contributed by atoms with Crippen LogP contribution in [0.2, 0.25) is 0 Å². The largest absolute Gasteiger partial charge is 0.370 e. The Morgan fingerprint density at radius 3 is 2.39 bits per heavy atom. The van der Waals surface area contributed by atoms with E-state index in [1.165, 1.54) is 24.0 Å². The number of nitrogens with one attached hydrogen (secondary N) is 2. The lowest BCUT2D eigenvalue weighted by atomic mass is 10.1. The summed E-state index contributed by atoms with van der Waals surface area (Å²) in [5.41, 5.74) is 4.33. The van der Waals surface area contributed by atoms with Crippen molar-refractivity contribution in [3.8, 4) is 0 Å². The maximum atomic E-state index is 11.3. The lowest BCUT2D eigenvalue weighted by Gasteiger charge is -2.11. The third-order valence-corrected chi connectivity index (χ3v) is 5.22. The lowest BCUT2D eigenvalue weighted by molar-refractivity contribution is 0.598. The number of anilines is 3. The molecule has 7 nitrogen and oxygen atoms in total. The Bertz CT molecular complexity index is 1070. The Labute approximate surface area is 165 Å².